The predicted molar refractivity (Wildman–Crippen MR) is 135 cm³/mol. The molecule has 9 heteroatoms. The van der Waals surface area contributed by atoms with E-state index in [1.54, 1.807) is 48.5 Å². The van der Waals surface area contributed by atoms with Gasteiger partial charge in [0, 0.05) is 23.5 Å². The highest BCUT2D eigenvalue weighted by Crippen LogP contribution is 2.39. The lowest BCUT2D eigenvalue weighted by atomic mass is 10.1. The Morgan fingerprint density at radius 2 is 1.66 bits per heavy atom. The molecule has 35 heavy (non-hydrogen) atoms. The second kappa shape index (κ2) is 12.7. The smallest absolute Gasteiger partial charge is 0.265 e. The molecule has 0 aliphatic carbocycles. The van der Waals surface area contributed by atoms with E-state index in [0.29, 0.717) is 35.3 Å². The first-order valence-corrected chi connectivity index (χ1v) is 13.2. The minimum atomic E-state index is -3.58. The van der Waals surface area contributed by atoms with Crippen molar-refractivity contribution in [2.75, 3.05) is 19.5 Å². The maximum absolute atomic E-state index is 12.5. The molecule has 0 aromatic heterocycles. The van der Waals surface area contributed by atoms with Crippen LogP contribution in [0, 0.1) is 0 Å². The summed E-state index contributed by atoms with van der Waals surface area (Å²) >= 11 is 0. The first kappa shape index (κ1) is 26.7. The summed E-state index contributed by atoms with van der Waals surface area (Å²) in [5, 5.41) is 32.6. The van der Waals surface area contributed by atoms with Crippen molar-refractivity contribution in [1.82, 2.24) is 5.32 Å². The lowest BCUT2D eigenvalue weighted by Crippen LogP contribution is -2.37. The first-order chi connectivity index (χ1) is 16.8. The number of benzene rings is 3. The van der Waals surface area contributed by atoms with Crippen LogP contribution in [0.4, 0.5) is 0 Å². The average Bonchev–Trinajstić information content (AvgIpc) is 2.87. The zero-order valence-electron chi connectivity index (χ0n) is 19.6. The molecule has 0 heterocycles. The Labute approximate surface area is 205 Å². The van der Waals surface area contributed by atoms with Crippen LogP contribution in [0.25, 0.3) is 0 Å². The lowest BCUT2D eigenvalue weighted by Gasteiger charge is -2.18. The second-order valence-electron chi connectivity index (χ2n) is 8.38. The van der Waals surface area contributed by atoms with Gasteiger partial charge >= 0.3 is 0 Å². The van der Waals surface area contributed by atoms with Crippen molar-refractivity contribution >= 4 is 12.7 Å². The first-order valence-electron chi connectivity index (χ1n) is 11.3. The lowest BCUT2D eigenvalue weighted by molar-refractivity contribution is 0.104. The maximum Gasteiger partial charge on any atom is 0.265 e. The maximum atomic E-state index is 12.5. The monoisotopic (exact) mass is 501 g/mol. The minimum Gasteiger partial charge on any atom is -0.508 e. The van der Waals surface area contributed by atoms with Crippen LogP contribution in [0.2, 0.25) is 0 Å². The molecule has 0 spiro atoms. The number of ether oxygens (including phenoxy) is 2. The zero-order chi connectivity index (χ0) is 25.3. The zero-order valence-corrected chi connectivity index (χ0v) is 20.5. The van der Waals surface area contributed by atoms with Crippen molar-refractivity contribution in [2.24, 2.45) is 0 Å². The second-order valence-corrected chi connectivity index (χ2v) is 10.6. The van der Waals surface area contributed by atoms with E-state index in [2.05, 4.69) is 5.32 Å². The molecular formula is C26H32NO7P. The average molecular weight is 502 g/mol. The van der Waals surface area contributed by atoms with Crippen LogP contribution < -0.4 is 20.1 Å². The summed E-state index contributed by atoms with van der Waals surface area (Å²) in [4.78, 5) is 10.2. The Hall–Kier alpha value is -2.87. The van der Waals surface area contributed by atoms with Gasteiger partial charge in [0.25, 0.3) is 7.37 Å². The van der Waals surface area contributed by atoms with Gasteiger partial charge in [-0.3, -0.25) is 4.57 Å². The van der Waals surface area contributed by atoms with Gasteiger partial charge in [0.1, 0.15) is 30.0 Å². The number of rotatable bonds is 13. The van der Waals surface area contributed by atoms with Gasteiger partial charge in [0.2, 0.25) is 0 Å². The molecule has 188 valence electrons. The summed E-state index contributed by atoms with van der Waals surface area (Å²) in [5.41, 5.74) is 1.42. The Kier molecular flexibility index (Phi) is 9.72. The van der Waals surface area contributed by atoms with Gasteiger partial charge in [-0.05, 0) is 61.4 Å². The van der Waals surface area contributed by atoms with E-state index in [4.69, 9.17) is 9.47 Å². The molecule has 0 radical (unpaired) electrons. The molecule has 3 atom stereocenters. The largest absolute Gasteiger partial charge is 0.508 e. The Morgan fingerprint density at radius 3 is 2.34 bits per heavy atom. The van der Waals surface area contributed by atoms with Crippen molar-refractivity contribution in [3.8, 4) is 17.2 Å². The highest BCUT2D eigenvalue weighted by atomic mass is 31.2. The summed E-state index contributed by atoms with van der Waals surface area (Å²) in [6, 6.07) is 20.4. The van der Waals surface area contributed by atoms with Gasteiger partial charge in [-0.1, -0.05) is 30.3 Å². The van der Waals surface area contributed by atoms with Gasteiger partial charge in [0.05, 0.1) is 6.61 Å². The Morgan fingerprint density at radius 1 is 0.971 bits per heavy atom. The van der Waals surface area contributed by atoms with Gasteiger partial charge in [-0.25, -0.2) is 0 Å². The van der Waals surface area contributed by atoms with Crippen LogP contribution >= 0.6 is 7.37 Å². The van der Waals surface area contributed by atoms with E-state index in [-0.39, 0.29) is 31.4 Å². The molecule has 0 fully saturated rings. The molecular weight excluding hydrogens is 469 g/mol. The third-order valence-electron chi connectivity index (χ3n) is 5.40. The van der Waals surface area contributed by atoms with Crippen LogP contribution in [-0.2, 0) is 17.6 Å². The SMILES string of the molecule is C[C@H](Cc1ccc(OCP(=O)(O)c2ccccc2)cc1)NC[C@H](O)COc1ccc(O)c(CO)c1. The van der Waals surface area contributed by atoms with Crippen molar-refractivity contribution in [3.05, 3.63) is 83.9 Å². The van der Waals surface area contributed by atoms with Crippen molar-refractivity contribution in [2.45, 2.75) is 32.1 Å². The van der Waals surface area contributed by atoms with Gasteiger partial charge in [-0.2, -0.15) is 0 Å². The fourth-order valence-electron chi connectivity index (χ4n) is 3.41. The molecule has 0 saturated carbocycles. The summed E-state index contributed by atoms with van der Waals surface area (Å²) < 4.78 is 23.6. The van der Waals surface area contributed by atoms with Crippen molar-refractivity contribution in [3.63, 3.8) is 0 Å². The number of hydrogen-bond donors (Lipinski definition) is 5. The van der Waals surface area contributed by atoms with Crippen LogP contribution in [0.5, 0.6) is 17.2 Å². The highest BCUT2D eigenvalue weighted by Gasteiger charge is 2.22. The van der Waals surface area contributed by atoms with Crippen molar-refractivity contribution < 1.29 is 34.3 Å². The van der Waals surface area contributed by atoms with E-state index in [0.717, 1.165) is 5.56 Å². The molecule has 0 aliphatic rings. The standard InChI is InChI=1S/C26H32NO7P/c1-19(27-15-22(29)17-33-24-11-12-26(30)21(14-24)16-28)13-20-7-9-23(10-8-20)34-18-35(31,32)25-5-3-2-4-6-25/h2-12,14,19,22,27-30H,13,15-18H2,1H3,(H,31,32)/t19-,22+/m1/s1. The van der Waals surface area contributed by atoms with E-state index >= 15 is 0 Å². The van der Waals surface area contributed by atoms with E-state index in [9.17, 15) is 24.8 Å². The molecule has 1 unspecified atom stereocenters. The van der Waals surface area contributed by atoms with Crippen molar-refractivity contribution in [1.29, 1.82) is 0 Å². The number of aliphatic hydroxyl groups excluding tert-OH is 2. The normalized spacial score (nSPS) is 14.6. The topological polar surface area (TPSA) is 128 Å². The van der Waals surface area contributed by atoms with Crippen LogP contribution in [-0.4, -0.2) is 51.9 Å². The van der Waals surface area contributed by atoms with Gasteiger partial charge in [-0.15, -0.1) is 0 Å². The fraction of sp³-hybridized carbons (Fsp3) is 0.308. The quantitative estimate of drug-likeness (QED) is 0.226. The number of aliphatic hydroxyl groups is 2. The number of phenols is 1. The molecule has 0 saturated heterocycles. The molecule has 0 aliphatic heterocycles. The van der Waals surface area contributed by atoms with Crippen LogP contribution in [0.3, 0.4) is 0 Å². The van der Waals surface area contributed by atoms with E-state index < -0.39 is 13.5 Å². The Balaban J connectivity index is 1.39. The minimum absolute atomic E-state index is 0.00364. The predicted octanol–water partition coefficient (Wildman–Crippen LogP) is 2.78. The fourth-order valence-corrected chi connectivity index (χ4v) is 4.52. The summed E-state index contributed by atoms with van der Waals surface area (Å²) in [6.45, 7) is 2.11. The van der Waals surface area contributed by atoms with E-state index in [1.807, 2.05) is 19.1 Å². The summed E-state index contributed by atoms with van der Waals surface area (Å²) in [7, 11) is -3.58. The number of hydrogen-bond acceptors (Lipinski definition) is 7. The Bertz CT molecular complexity index is 1110. The molecule has 0 bridgehead atoms. The summed E-state index contributed by atoms with van der Waals surface area (Å²) in [6.07, 6.45) is -0.313. The molecule has 3 aromatic carbocycles. The van der Waals surface area contributed by atoms with Crippen LogP contribution in [0.15, 0.2) is 72.8 Å². The summed E-state index contributed by atoms with van der Waals surface area (Å²) in [5.74, 6) is 0.976. The van der Waals surface area contributed by atoms with Gasteiger partial charge < -0.3 is 35.0 Å². The number of nitrogens with one attached hydrogen (secondary N) is 1. The third kappa shape index (κ3) is 8.38. The molecule has 5 N–H and O–H groups in total. The van der Waals surface area contributed by atoms with Gasteiger partial charge in [0.15, 0.2) is 6.35 Å². The molecule has 0 amide bonds. The molecule has 8 nitrogen and oxygen atoms in total. The highest BCUT2D eigenvalue weighted by molar-refractivity contribution is 7.65. The molecule has 3 rings (SSSR count). The van der Waals surface area contributed by atoms with E-state index in [1.165, 1.54) is 12.1 Å². The van der Waals surface area contributed by atoms with Crippen LogP contribution in [0.1, 0.15) is 18.1 Å². The third-order valence-corrected chi connectivity index (χ3v) is 6.98. The molecule has 3 aromatic rings. The number of aromatic hydroxyl groups is 1.